The van der Waals surface area contributed by atoms with Crippen LogP contribution in [0.15, 0.2) is 60.9 Å². The van der Waals surface area contributed by atoms with Gasteiger partial charge in [0.15, 0.2) is 0 Å². The van der Waals surface area contributed by atoms with Gasteiger partial charge in [0.25, 0.3) is 5.91 Å². The maximum atomic E-state index is 12.9. The zero-order valence-corrected chi connectivity index (χ0v) is 20.2. The Morgan fingerprint density at radius 2 is 1.89 bits per heavy atom. The number of methoxy groups -OCH3 is 1. The zero-order chi connectivity index (χ0) is 25.1. The molecular formula is C26H27N7O3. The van der Waals surface area contributed by atoms with Crippen molar-refractivity contribution in [1.82, 2.24) is 29.5 Å². The molecule has 5 rings (SSSR count). The third-order valence-electron chi connectivity index (χ3n) is 6.19. The molecule has 36 heavy (non-hydrogen) atoms. The number of nitrogens with one attached hydrogen (secondary N) is 1. The topological polar surface area (TPSA) is 105 Å². The Morgan fingerprint density at radius 3 is 2.64 bits per heavy atom. The number of anilines is 1. The summed E-state index contributed by atoms with van der Waals surface area (Å²) < 4.78 is 6.75. The van der Waals surface area contributed by atoms with E-state index in [9.17, 15) is 9.59 Å². The number of nitrogens with zero attached hydrogens (tertiary/aromatic N) is 6. The molecule has 3 aromatic heterocycles. The molecule has 0 saturated carbocycles. The number of hydrogen-bond acceptors (Lipinski definition) is 7. The lowest BCUT2D eigenvalue weighted by molar-refractivity contribution is -0.133. The van der Waals surface area contributed by atoms with Crippen molar-refractivity contribution in [2.45, 2.75) is 6.54 Å². The van der Waals surface area contributed by atoms with Gasteiger partial charge in [0.05, 0.1) is 18.3 Å². The van der Waals surface area contributed by atoms with Crippen molar-refractivity contribution >= 4 is 28.4 Å². The third kappa shape index (κ3) is 5.18. The number of aromatic nitrogens is 4. The number of likely N-dealkylation sites (N-methyl/N-ethyl adjacent to an activating group) is 1. The summed E-state index contributed by atoms with van der Waals surface area (Å²) in [6, 6.07) is 14.3. The minimum atomic E-state index is -0.324. The molecule has 2 amide bonds. The molecule has 0 atom stereocenters. The highest BCUT2D eigenvalue weighted by atomic mass is 16.5. The van der Waals surface area contributed by atoms with Crippen LogP contribution in [0.4, 0.5) is 5.69 Å². The second-order valence-corrected chi connectivity index (χ2v) is 8.74. The predicted molar refractivity (Wildman–Crippen MR) is 136 cm³/mol. The first kappa shape index (κ1) is 23.4. The zero-order valence-electron chi connectivity index (χ0n) is 20.2. The molecule has 1 fully saturated rings. The van der Waals surface area contributed by atoms with E-state index in [2.05, 4.69) is 32.3 Å². The van der Waals surface area contributed by atoms with Crippen LogP contribution < -0.4 is 10.1 Å². The Labute approximate surface area is 208 Å². The van der Waals surface area contributed by atoms with E-state index in [4.69, 9.17) is 4.74 Å². The van der Waals surface area contributed by atoms with Gasteiger partial charge in [0.2, 0.25) is 11.8 Å². The van der Waals surface area contributed by atoms with Crippen LogP contribution in [0.3, 0.4) is 0 Å². The molecule has 0 aliphatic carbocycles. The monoisotopic (exact) mass is 485 g/mol. The number of rotatable bonds is 6. The predicted octanol–water partition coefficient (Wildman–Crippen LogP) is 2.53. The molecule has 10 nitrogen and oxygen atoms in total. The second kappa shape index (κ2) is 10.1. The molecule has 10 heteroatoms. The fourth-order valence-electron chi connectivity index (χ4n) is 4.10. The lowest BCUT2D eigenvalue weighted by atomic mass is 10.1. The summed E-state index contributed by atoms with van der Waals surface area (Å²) in [4.78, 5) is 38.3. The van der Waals surface area contributed by atoms with Crippen LogP contribution in [-0.4, -0.2) is 81.7 Å². The smallest absolute Gasteiger partial charge is 0.274 e. The fourth-order valence-corrected chi connectivity index (χ4v) is 4.10. The number of ether oxygens (including phenoxy) is 1. The lowest BCUT2D eigenvalue weighted by Crippen LogP contribution is -2.48. The van der Waals surface area contributed by atoms with E-state index in [0.717, 1.165) is 42.6 Å². The molecule has 0 spiro atoms. The van der Waals surface area contributed by atoms with Gasteiger partial charge >= 0.3 is 0 Å². The summed E-state index contributed by atoms with van der Waals surface area (Å²) in [5.41, 5.74) is 3.09. The molecule has 0 unspecified atom stereocenters. The molecule has 4 heterocycles. The summed E-state index contributed by atoms with van der Waals surface area (Å²) >= 11 is 0. The number of hydrogen-bond donors (Lipinski definition) is 1. The van der Waals surface area contributed by atoms with Crippen LogP contribution in [-0.2, 0) is 11.3 Å². The van der Waals surface area contributed by atoms with E-state index < -0.39 is 0 Å². The molecule has 1 aromatic carbocycles. The van der Waals surface area contributed by atoms with E-state index in [1.54, 1.807) is 42.3 Å². The molecule has 1 N–H and O–H groups in total. The molecule has 0 bridgehead atoms. The SMILES string of the molecule is COc1ccc(-c2cccc(C(=O)Nc3ccc4nn(CC(=O)N5CCN(C)CC5)cc4c3)n2)cn1. The molecular weight excluding hydrogens is 458 g/mol. The van der Waals surface area contributed by atoms with Gasteiger partial charge in [-0.1, -0.05) is 6.07 Å². The van der Waals surface area contributed by atoms with Gasteiger partial charge in [-0.2, -0.15) is 5.10 Å². The van der Waals surface area contributed by atoms with Crippen molar-refractivity contribution in [1.29, 1.82) is 0 Å². The largest absolute Gasteiger partial charge is 0.481 e. The van der Waals surface area contributed by atoms with Crippen molar-refractivity contribution in [3.8, 4) is 17.1 Å². The van der Waals surface area contributed by atoms with Crippen LogP contribution in [0.25, 0.3) is 22.2 Å². The summed E-state index contributed by atoms with van der Waals surface area (Å²) in [5.74, 6) is 0.243. The van der Waals surface area contributed by atoms with Crippen molar-refractivity contribution in [3.05, 3.63) is 66.6 Å². The second-order valence-electron chi connectivity index (χ2n) is 8.74. The standard InChI is InChI=1S/C26H27N7O3/c1-31-10-12-32(13-11-31)25(34)17-33-16-19-14-20(7-8-22(19)30-33)28-26(35)23-5-3-4-21(29-23)18-6-9-24(36-2)27-15-18/h3-9,14-16H,10-13,17H2,1-2H3,(H,28,35). The Morgan fingerprint density at radius 1 is 1.06 bits per heavy atom. The van der Waals surface area contributed by atoms with Gasteiger partial charge in [-0.05, 0) is 43.4 Å². The van der Waals surface area contributed by atoms with Crippen molar-refractivity contribution < 1.29 is 14.3 Å². The first-order chi connectivity index (χ1) is 17.5. The summed E-state index contributed by atoms with van der Waals surface area (Å²) in [6.07, 6.45) is 3.48. The van der Waals surface area contributed by atoms with Crippen LogP contribution >= 0.6 is 0 Å². The molecule has 4 aromatic rings. The lowest BCUT2D eigenvalue weighted by Gasteiger charge is -2.32. The van der Waals surface area contributed by atoms with E-state index in [1.807, 2.05) is 35.4 Å². The number of piperazine rings is 1. The summed E-state index contributed by atoms with van der Waals surface area (Å²) in [5, 5.41) is 8.25. The molecule has 0 radical (unpaired) electrons. The number of amides is 2. The Balaban J connectivity index is 1.27. The maximum Gasteiger partial charge on any atom is 0.274 e. The quantitative estimate of drug-likeness (QED) is 0.447. The molecule has 1 saturated heterocycles. The molecule has 184 valence electrons. The number of carbonyl (C=O) groups is 2. The van der Waals surface area contributed by atoms with Gasteiger partial charge in [0, 0.05) is 61.3 Å². The highest BCUT2D eigenvalue weighted by Crippen LogP contribution is 2.21. The Hall–Kier alpha value is -4.31. The molecule has 1 aliphatic rings. The van der Waals surface area contributed by atoms with Gasteiger partial charge in [-0.25, -0.2) is 9.97 Å². The van der Waals surface area contributed by atoms with Gasteiger partial charge in [0.1, 0.15) is 12.2 Å². The first-order valence-corrected chi connectivity index (χ1v) is 11.7. The Kier molecular flexibility index (Phi) is 6.59. The highest BCUT2D eigenvalue weighted by molar-refractivity contribution is 6.04. The number of benzene rings is 1. The van der Waals surface area contributed by atoms with Crippen molar-refractivity contribution in [2.75, 3.05) is 45.7 Å². The van der Waals surface area contributed by atoms with Crippen LogP contribution in [0.2, 0.25) is 0 Å². The van der Waals surface area contributed by atoms with E-state index in [1.165, 1.54) is 0 Å². The molecule has 1 aliphatic heterocycles. The van der Waals surface area contributed by atoms with Gasteiger partial charge in [-0.15, -0.1) is 0 Å². The highest BCUT2D eigenvalue weighted by Gasteiger charge is 2.19. The fraction of sp³-hybridized carbons (Fsp3) is 0.269. The van der Waals surface area contributed by atoms with E-state index in [0.29, 0.717) is 17.3 Å². The third-order valence-corrected chi connectivity index (χ3v) is 6.19. The summed E-state index contributed by atoms with van der Waals surface area (Å²) in [7, 11) is 3.62. The normalized spacial score (nSPS) is 14.1. The van der Waals surface area contributed by atoms with Crippen molar-refractivity contribution in [2.24, 2.45) is 0 Å². The number of pyridine rings is 2. The number of carbonyl (C=O) groups excluding carboxylic acids is 2. The minimum absolute atomic E-state index is 0.0578. The first-order valence-electron chi connectivity index (χ1n) is 11.7. The van der Waals surface area contributed by atoms with Crippen LogP contribution in [0, 0.1) is 0 Å². The van der Waals surface area contributed by atoms with Crippen LogP contribution in [0.1, 0.15) is 10.5 Å². The van der Waals surface area contributed by atoms with E-state index in [-0.39, 0.29) is 24.1 Å². The van der Waals surface area contributed by atoms with Crippen LogP contribution in [0.5, 0.6) is 5.88 Å². The van der Waals surface area contributed by atoms with E-state index >= 15 is 0 Å². The average Bonchev–Trinajstić information content (AvgIpc) is 3.30. The summed E-state index contributed by atoms with van der Waals surface area (Å²) in [6.45, 7) is 3.42. The Bertz CT molecular complexity index is 1390. The van der Waals surface area contributed by atoms with Gasteiger partial charge < -0.3 is 19.9 Å². The van der Waals surface area contributed by atoms with Crippen molar-refractivity contribution in [3.63, 3.8) is 0 Å². The average molecular weight is 486 g/mol. The maximum absolute atomic E-state index is 12.9. The van der Waals surface area contributed by atoms with Gasteiger partial charge in [-0.3, -0.25) is 14.3 Å². The number of fused-ring (bicyclic) bond motifs is 1. The minimum Gasteiger partial charge on any atom is -0.481 e.